The summed E-state index contributed by atoms with van der Waals surface area (Å²) in [5.74, 6) is 1.64. The highest BCUT2D eigenvalue weighted by Gasteiger charge is 2.00. The lowest BCUT2D eigenvalue weighted by molar-refractivity contribution is 0.483. The van der Waals surface area contributed by atoms with E-state index in [1.54, 1.807) is 6.20 Å². The lowest BCUT2D eigenvalue weighted by Crippen LogP contribution is -2.04. The summed E-state index contributed by atoms with van der Waals surface area (Å²) in [6, 6.07) is 18.0. The first kappa shape index (κ1) is 12.6. The Labute approximate surface area is 118 Å². The standard InChI is InChI=1S/C17H16N2O/c1-18-12-13-4-7-15(8-5-13)20-16-9-6-14-3-2-10-19-17(14)11-16/h2-11,18H,12H2,1H3. The first-order chi connectivity index (χ1) is 9.85. The summed E-state index contributed by atoms with van der Waals surface area (Å²) in [5, 5.41) is 4.24. The zero-order chi connectivity index (χ0) is 13.8. The number of nitrogens with zero attached hydrogens (tertiary/aromatic N) is 1. The molecule has 3 rings (SSSR count). The van der Waals surface area contributed by atoms with Gasteiger partial charge in [0.15, 0.2) is 0 Å². The third-order valence-electron chi connectivity index (χ3n) is 3.12. The molecule has 0 unspecified atom stereocenters. The molecular weight excluding hydrogens is 248 g/mol. The van der Waals surface area contributed by atoms with Gasteiger partial charge < -0.3 is 10.1 Å². The van der Waals surface area contributed by atoms with Crippen LogP contribution in [0.4, 0.5) is 0 Å². The Bertz CT molecular complexity index is 708. The van der Waals surface area contributed by atoms with Gasteiger partial charge in [0.1, 0.15) is 11.5 Å². The van der Waals surface area contributed by atoms with Gasteiger partial charge in [-0.2, -0.15) is 0 Å². The van der Waals surface area contributed by atoms with Crippen LogP contribution in [0, 0.1) is 0 Å². The number of benzene rings is 2. The number of fused-ring (bicyclic) bond motifs is 1. The zero-order valence-electron chi connectivity index (χ0n) is 11.3. The number of ether oxygens (including phenoxy) is 1. The molecule has 1 heterocycles. The van der Waals surface area contributed by atoms with Crippen LogP contribution in [-0.4, -0.2) is 12.0 Å². The fourth-order valence-electron chi connectivity index (χ4n) is 2.13. The highest BCUT2D eigenvalue weighted by Crippen LogP contribution is 2.24. The number of hydrogen-bond acceptors (Lipinski definition) is 3. The van der Waals surface area contributed by atoms with Crippen LogP contribution in [0.5, 0.6) is 11.5 Å². The summed E-state index contributed by atoms with van der Waals surface area (Å²) >= 11 is 0. The molecule has 3 aromatic rings. The Morgan fingerprint density at radius 2 is 1.80 bits per heavy atom. The second-order valence-corrected chi connectivity index (χ2v) is 4.63. The maximum atomic E-state index is 5.86. The summed E-state index contributed by atoms with van der Waals surface area (Å²) in [6.07, 6.45) is 1.79. The molecule has 0 bridgehead atoms. The molecule has 0 atom stereocenters. The normalized spacial score (nSPS) is 10.7. The van der Waals surface area contributed by atoms with E-state index in [-0.39, 0.29) is 0 Å². The van der Waals surface area contributed by atoms with Gasteiger partial charge in [0.2, 0.25) is 0 Å². The maximum Gasteiger partial charge on any atom is 0.129 e. The van der Waals surface area contributed by atoms with Crippen LogP contribution >= 0.6 is 0 Å². The topological polar surface area (TPSA) is 34.1 Å². The van der Waals surface area contributed by atoms with E-state index < -0.39 is 0 Å². The Morgan fingerprint density at radius 1 is 1.00 bits per heavy atom. The second-order valence-electron chi connectivity index (χ2n) is 4.63. The number of rotatable bonds is 4. The van der Waals surface area contributed by atoms with Crippen molar-refractivity contribution >= 4 is 10.9 Å². The van der Waals surface area contributed by atoms with Gasteiger partial charge in [0, 0.05) is 24.2 Å². The minimum atomic E-state index is 0.803. The van der Waals surface area contributed by atoms with Crippen LogP contribution in [0.25, 0.3) is 10.9 Å². The lowest BCUT2D eigenvalue weighted by Gasteiger charge is -2.07. The minimum Gasteiger partial charge on any atom is -0.457 e. The van der Waals surface area contributed by atoms with E-state index in [2.05, 4.69) is 22.4 Å². The first-order valence-corrected chi connectivity index (χ1v) is 6.61. The van der Waals surface area contributed by atoms with E-state index in [1.807, 2.05) is 49.5 Å². The third-order valence-corrected chi connectivity index (χ3v) is 3.12. The van der Waals surface area contributed by atoms with Crippen LogP contribution in [0.2, 0.25) is 0 Å². The Balaban J connectivity index is 1.81. The van der Waals surface area contributed by atoms with Gasteiger partial charge in [-0.3, -0.25) is 4.98 Å². The predicted octanol–water partition coefficient (Wildman–Crippen LogP) is 3.75. The van der Waals surface area contributed by atoms with E-state index >= 15 is 0 Å². The van der Waals surface area contributed by atoms with Crippen molar-refractivity contribution < 1.29 is 4.74 Å². The van der Waals surface area contributed by atoms with Crippen molar-refractivity contribution in [1.82, 2.24) is 10.3 Å². The monoisotopic (exact) mass is 264 g/mol. The molecule has 0 aliphatic rings. The summed E-state index contributed by atoms with van der Waals surface area (Å²) < 4.78 is 5.86. The number of nitrogens with one attached hydrogen (secondary N) is 1. The van der Waals surface area contributed by atoms with Gasteiger partial charge in [-0.15, -0.1) is 0 Å². The highest BCUT2D eigenvalue weighted by molar-refractivity contribution is 5.79. The molecular formula is C17H16N2O. The average Bonchev–Trinajstić information content (AvgIpc) is 2.49. The molecule has 20 heavy (non-hydrogen) atoms. The SMILES string of the molecule is CNCc1ccc(Oc2ccc3cccnc3c2)cc1. The van der Waals surface area contributed by atoms with Crippen molar-refractivity contribution in [2.24, 2.45) is 0 Å². The lowest BCUT2D eigenvalue weighted by atomic mass is 10.2. The summed E-state index contributed by atoms with van der Waals surface area (Å²) in [5.41, 5.74) is 2.18. The maximum absolute atomic E-state index is 5.86. The minimum absolute atomic E-state index is 0.803. The van der Waals surface area contributed by atoms with Gasteiger partial charge in [-0.05, 0) is 42.9 Å². The number of pyridine rings is 1. The van der Waals surface area contributed by atoms with Crippen molar-refractivity contribution in [3.8, 4) is 11.5 Å². The zero-order valence-corrected chi connectivity index (χ0v) is 11.3. The molecule has 0 saturated carbocycles. The van der Waals surface area contributed by atoms with Gasteiger partial charge in [-0.25, -0.2) is 0 Å². The van der Waals surface area contributed by atoms with Gasteiger partial charge in [0.25, 0.3) is 0 Å². The Hall–Kier alpha value is -2.39. The highest BCUT2D eigenvalue weighted by atomic mass is 16.5. The van der Waals surface area contributed by atoms with E-state index in [4.69, 9.17) is 4.74 Å². The molecule has 3 heteroatoms. The van der Waals surface area contributed by atoms with Crippen LogP contribution in [0.1, 0.15) is 5.56 Å². The van der Waals surface area contributed by atoms with E-state index in [0.29, 0.717) is 0 Å². The van der Waals surface area contributed by atoms with E-state index in [9.17, 15) is 0 Å². The Kier molecular flexibility index (Phi) is 3.61. The largest absolute Gasteiger partial charge is 0.457 e. The molecule has 0 fully saturated rings. The van der Waals surface area contributed by atoms with Gasteiger partial charge in [0.05, 0.1) is 5.52 Å². The molecule has 0 aliphatic carbocycles. The molecule has 0 radical (unpaired) electrons. The van der Waals surface area contributed by atoms with E-state index in [1.165, 1.54) is 5.56 Å². The van der Waals surface area contributed by atoms with Crippen molar-refractivity contribution in [3.63, 3.8) is 0 Å². The van der Waals surface area contributed by atoms with E-state index in [0.717, 1.165) is 28.9 Å². The molecule has 100 valence electrons. The summed E-state index contributed by atoms with van der Waals surface area (Å²) in [6.45, 7) is 0.861. The molecule has 0 aliphatic heterocycles. The van der Waals surface area contributed by atoms with Crippen LogP contribution in [0.3, 0.4) is 0 Å². The van der Waals surface area contributed by atoms with Crippen molar-refractivity contribution in [3.05, 3.63) is 66.4 Å². The fraction of sp³-hybridized carbons (Fsp3) is 0.118. The number of hydrogen-bond donors (Lipinski definition) is 1. The molecule has 1 N–H and O–H groups in total. The molecule has 1 aromatic heterocycles. The second kappa shape index (κ2) is 5.72. The van der Waals surface area contributed by atoms with Gasteiger partial charge in [-0.1, -0.05) is 18.2 Å². The third kappa shape index (κ3) is 2.78. The first-order valence-electron chi connectivity index (χ1n) is 6.61. The quantitative estimate of drug-likeness (QED) is 0.779. The van der Waals surface area contributed by atoms with Crippen LogP contribution < -0.4 is 10.1 Å². The van der Waals surface area contributed by atoms with Crippen LogP contribution in [-0.2, 0) is 6.54 Å². The molecule has 0 spiro atoms. The van der Waals surface area contributed by atoms with Crippen molar-refractivity contribution in [2.75, 3.05) is 7.05 Å². The van der Waals surface area contributed by atoms with Crippen molar-refractivity contribution in [1.29, 1.82) is 0 Å². The van der Waals surface area contributed by atoms with Crippen LogP contribution in [0.15, 0.2) is 60.8 Å². The molecule has 0 saturated heterocycles. The summed E-state index contributed by atoms with van der Waals surface area (Å²) in [4.78, 5) is 4.33. The van der Waals surface area contributed by atoms with Gasteiger partial charge >= 0.3 is 0 Å². The molecule has 2 aromatic carbocycles. The molecule has 0 amide bonds. The molecule has 3 nitrogen and oxygen atoms in total. The van der Waals surface area contributed by atoms with Crippen molar-refractivity contribution in [2.45, 2.75) is 6.54 Å². The number of aromatic nitrogens is 1. The average molecular weight is 264 g/mol. The summed E-state index contributed by atoms with van der Waals surface area (Å²) in [7, 11) is 1.94. The predicted molar refractivity (Wildman–Crippen MR) is 81.0 cm³/mol. The smallest absolute Gasteiger partial charge is 0.129 e. The fourth-order valence-corrected chi connectivity index (χ4v) is 2.13. The Morgan fingerprint density at radius 3 is 2.60 bits per heavy atom.